The summed E-state index contributed by atoms with van der Waals surface area (Å²) in [6.45, 7) is 8.42. The van der Waals surface area contributed by atoms with Gasteiger partial charge in [-0.1, -0.05) is 39.8 Å². The summed E-state index contributed by atoms with van der Waals surface area (Å²) in [5.41, 5.74) is 6.36. The molecule has 2 rings (SSSR count). The zero-order chi connectivity index (χ0) is 39.3. The van der Waals surface area contributed by atoms with Crippen molar-refractivity contribution in [2.45, 2.75) is 84.1 Å². The first-order valence-corrected chi connectivity index (χ1v) is 19.1. The molecule has 1 unspecified atom stereocenters. The molecule has 5 N–H and O–H groups in total. The van der Waals surface area contributed by atoms with E-state index < -0.39 is 36.1 Å². The van der Waals surface area contributed by atoms with Crippen molar-refractivity contribution in [3.8, 4) is 0 Å². The SMILES string of the molecule is CCCSC1CC(=O)N(CCOCCOC(=O)N[C@H](C(=O)C[C@@H](CCCNC(N)=O)C(=O)Nc2ccc(COC(=O)N(C)CCC)cc2)C(C)C)C1=O. The Balaban J connectivity index is 1.89. The molecule has 1 heterocycles. The molecular weight excluding hydrogens is 708 g/mol. The van der Waals surface area contributed by atoms with Crippen molar-refractivity contribution in [2.75, 3.05) is 57.6 Å². The van der Waals surface area contributed by atoms with Crippen LogP contribution in [0.3, 0.4) is 0 Å². The first kappa shape index (κ1) is 44.8. The van der Waals surface area contributed by atoms with Gasteiger partial charge in [0.1, 0.15) is 13.2 Å². The predicted molar refractivity (Wildman–Crippen MR) is 200 cm³/mol. The Kier molecular flexibility index (Phi) is 20.3. The minimum absolute atomic E-state index is 0.0158. The molecule has 296 valence electrons. The van der Waals surface area contributed by atoms with E-state index in [0.717, 1.165) is 24.2 Å². The van der Waals surface area contributed by atoms with E-state index in [2.05, 4.69) is 16.0 Å². The Morgan fingerprint density at radius 2 is 1.74 bits per heavy atom. The Morgan fingerprint density at radius 3 is 2.38 bits per heavy atom. The summed E-state index contributed by atoms with van der Waals surface area (Å²) in [6, 6.07) is 5.10. The first-order chi connectivity index (χ1) is 25.3. The molecule has 0 saturated carbocycles. The predicted octanol–water partition coefficient (Wildman–Crippen LogP) is 3.67. The number of nitrogens with one attached hydrogen (secondary N) is 3. The number of carbonyl (C=O) groups excluding carboxylic acids is 7. The van der Waals surface area contributed by atoms with Crippen molar-refractivity contribution in [1.29, 1.82) is 0 Å². The molecule has 1 saturated heterocycles. The molecule has 16 nitrogen and oxygen atoms in total. The van der Waals surface area contributed by atoms with Gasteiger partial charge in [-0.15, -0.1) is 11.8 Å². The molecule has 1 aliphatic heterocycles. The summed E-state index contributed by atoms with van der Waals surface area (Å²) in [7, 11) is 1.66. The van der Waals surface area contributed by atoms with Crippen molar-refractivity contribution < 1.29 is 47.8 Å². The van der Waals surface area contributed by atoms with Gasteiger partial charge in [-0.2, -0.15) is 0 Å². The Labute approximate surface area is 315 Å². The molecule has 17 heteroatoms. The first-order valence-electron chi connectivity index (χ1n) is 18.1. The average molecular weight is 765 g/mol. The molecular formula is C36H56N6O10S. The zero-order valence-electron chi connectivity index (χ0n) is 31.5. The molecule has 53 heavy (non-hydrogen) atoms. The van der Waals surface area contributed by atoms with Crippen LogP contribution < -0.4 is 21.7 Å². The number of urea groups is 1. The number of imide groups is 1. The van der Waals surface area contributed by atoms with E-state index in [9.17, 15) is 33.6 Å². The van der Waals surface area contributed by atoms with Crippen molar-refractivity contribution in [3.63, 3.8) is 0 Å². The van der Waals surface area contributed by atoms with Crippen molar-refractivity contribution >= 4 is 59.2 Å². The second-order valence-corrected chi connectivity index (χ2v) is 14.3. The fourth-order valence-corrected chi connectivity index (χ4v) is 6.43. The number of nitrogens with two attached hydrogens (primary N) is 1. The number of anilines is 1. The summed E-state index contributed by atoms with van der Waals surface area (Å²) in [5.74, 6) is -1.56. The Morgan fingerprint density at radius 1 is 1.02 bits per heavy atom. The maximum Gasteiger partial charge on any atom is 0.409 e. The summed E-state index contributed by atoms with van der Waals surface area (Å²) < 4.78 is 16.0. The lowest BCUT2D eigenvalue weighted by atomic mass is 9.89. The number of ether oxygens (including phenoxy) is 3. The Bertz CT molecular complexity index is 1380. The van der Waals surface area contributed by atoms with Crippen LogP contribution in [0.4, 0.5) is 20.1 Å². The van der Waals surface area contributed by atoms with Crippen LogP contribution in [0, 0.1) is 11.8 Å². The van der Waals surface area contributed by atoms with E-state index in [1.54, 1.807) is 45.2 Å². The number of amides is 7. The number of hydrogen-bond donors (Lipinski definition) is 4. The van der Waals surface area contributed by atoms with Crippen molar-refractivity contribution in [2.24, 2.45) is 17.6 Å². The molecule has 7 amide bonds. The fraction of sp³-hybridized carbons (Fsp3) is 0.639. The lowest BCUT2D eigenvalue weighted by Crippen LogP contribution is -2.46. The highest BCUT2D eigenvalue weighted by Crippen LogP contribution is 2.25. The van der Waals surface area contributed by atoms with Crippen LogP contribution in [0.5, 0.6) is 0 Å². The van der Waals surface area contributed by atoms with Gasteiger partial charge in [0.25, 0.3) is 0 Å². The average Bonchev–Trinajstić information content (AvgIpc) is 3.39. The van der Waals surface area contributed by atoms with E-state index in [1.807, 2.05) is 13.8 Å². The second-order valence-electron chi connectivity index (χ2n) is 13.0. The number of hydrogen-bond acceptors (Lipinski definition) is 11. The number of carbonyl (C=O) groups is 7. The van der Waals surface area contributed by atoms with Crippen molar-refractivity contribution in [1.82, 2.24) is 20.4 Å². The highest BCUT2D eigenvalue weighted by molar-refractivity contribution is 8.00. The van der Waals surface area contributed by atoms with Crippen LogP contribution >= 0.6 is 11.8 Å². The number of primary amides is 1. The van der Waals surface area contributed by atoms with E-state index in [0.29, 0.717) is 18.7 Å². The molecule has 3 atom stereocenters. The molecule has 0 aromatic heterocycles. The molecule has 0 bridgehead atoms. The number of thioether (sulfide) groups is 1. The van der Waals surface area contributed by atoms with Gasteiger partial charge in [-0.25, -0.2) is 14.4 Å². The largest absolute Gasteiger partial charge is 0.447 e. The van der Waals surface area contributed by atoms with E-state index in [-0.39, 0.29) is 87.5 Å². The standard InChI is InChI=1S/C36H56N6O10S/c1-6-15-41(5)36(49)52-23-25-10-12-27(13-11-25)39-32(45)26(9-8-14-38-34(37)47)21-28(43)31(24(3)4)40-35(48)51-19-18-50-17-16-42-30(44)22-29(33(42)46)53-20-7-2/h10-13,24,26,29,31H,6-9,14-23H2,1-5H3,(H,39,45)(H,40,48)(H3,37,38,47)/t26-,29?,31+/m1/s1. The molecule has 1 aromatic carbocycles. The lowest BCUT2D eigenvalue weighted by molar-refractivity contribution is -0.139. The van der Waals surface area contributed by atoms with Crippen LogP contribution in [-0.4, -0.2) is 115 Å². The number of benzene rings is 1. The highest BCUT2D eigenvalue weighted by atomic mass is 32.2. The van der Waals surface area contributed by atoms with Gasteiger partial charge in [0, 0.05) is 44.6 Å². The minimum Gasteiger partial charge on any atom is -0.447 e. The second kappa shape index (κ2) is 24.0. The van der Waals surface area contributed by atoms with Crippen molar-refractivity contribution in [3.05, 3.63) is 29.8 Å². The fourth-order valence-electron chi connectivity index (χ4n) is 5.38. The number of nitrogens with zero attached hydrogens (tertiary/aromatic N) is 2. The quantitative estimate of drug-likeness (QED) is 0.0880. The van der Waals surface area contributed by atoms with Gasteiger partial charge in [0.2, 0.25) is 17.7 Å². The number of ketones is 1. The van der Waals surface area contributed by atoms with Gasteiger partial charge >= 0.3 is 18.2 Å². The molecule has 1 aliphatic rings. The smallest absolute Gasteiger partial charge is 0.409 e. The van der Waals surface area contributed by atoms with Crippen LogP contribution in [0.15, 0.2) is 24.3 Å². The lowest BCUT2D eigenvalue weighted by Gasteiger charge is -2.24. The molecule has 0 radical (unpaired) electrons. The van der Waals surface area contributed by atoms with E-state index >= 15 is 0 Å². The zero-order valence-corrected chi connectivity index (χ0v) is 32.3. The summed E-state index contributed by atoms with van der Waals surface area (Å²) >= 11 is 1.48. The van der Waals surface area contributed by atoms with E-state index in [4.69, 9.17) is 19.9 Å². The monoisotopic (exact) mass is 764 g/mol. The van der Waals surface area contributed by atoms with Gasteiger partial charge in [-0.05, 0) is 55.1 Å². The number of Topliss-reactive ketones (excluding diaryl/α,β-unsaturated/α-hetero) is 1. The van der Waals surface area contributed by atoms with Gasteiger partial charge in [0.05, 0.1) is 31.1 Å². The van der Waals surface area contributed by atoms with Crippen LogP contribution in [0.25, 0.3) is 0 Å². The number of alkyl carbamates (subject to hydrolysis) is 1. The third kappa shape index (κ3) is 16.4. The maximum absolute atomic E-state index is 13.5. The number of likely N-dealkylation sites (tertiary alicyclic amines) is 1. The normalized spacial score (nSPS) is 15.1. The van der Waals surface area contributed by atoms with Crippen LogP contribution in [0.2, 0.25) is 0 Å². The molecule has 1 aromatic rings. The topological polar surface area (TPSA) is 216 Å². The number of rotatable bonds is 24. The molecule has 0 aliphatic carbocycles. The highest BCUT2D eigenvalue weighted by Gasteiger charge is 2.38. The van der Waals surface area contributed by atoms with Crippen LogP contribution in [-0.2, 0) is 40.0 Å². The van der Waals surface area contributed by atoms with E-state index in [1.165, 1.54) is 21.6 Å². The van der Waals surface area contributed by atoms with Gasteiger partial charge in [0.15, 0.2) is 5.78 Å². The Hall–Kier alpha value is -4.38. The minimum atomic E-state index is -0.952. The summed E-state index contributed by atoms with van der Waals surface area (Å²) in [5, 5.41) is 7.54. The molecule has 1 fully saturated rings. The summed E-state index contributed by atoms with van der Waals surface area (Å²) in [6.07, 6.45) is 1.06. The summed E-state index contributed by atoms with van der Waals surface area (Å²) in [4.78, 5) is 90.1. The third-order valence-electron chi connectivity index (χ3n) is 8.23. The maximum atomic E-state index is 13.5. The van der Waals surface area contributed by atoms with Gasteiger partial charge in [-0.3, -0.25) is 24.1 Å². The van der Waals surface area contributed by atoms with Crippen LogP contribution in [0.1, 0.15) is 71.8 Å². The van der Waals surface area contributed by atoms with Gasteiger partial charge < -0.3 is 40.8 Å². The molecule has 0 spiro atoms. The third-order valence-corrected chi connectivity index (χ3v) is 9.65.